The zero-order valence-electron chi connectivity index (χ0n) is 12.2. The van der Waals surface area contributed by atoms with E-state index in [-0.39, 0.29) is 5.91 Å². The maximum atomic E-state index is 12.3. The van der Waals surface area contributed by atoms with Crippen LogP contribution in [-0.4, -0.2) is 12.5 Å². The normalized spacial score (nSPS) is 10.2. The van der Waals surface area contributed by atoms with Gasteiger partial charge in [0.2, 0.25) is 0 Å². The van der Waals surface area contributed by atoms with E-state index < -0.39 is 0 Å². The second-order valence-electron chi connectivity index (χ2n) is 4.89. The van der Waals surface area contributed by atoms with Gasteiger partial charge in [-0.1, -0.05) is 41.4 Å². The van der Waals surface area contributed by atoms with Gasteiger partial charge in [-0.3, -0.25) is 4.79 Å². The molecule has 2 N–H and O–H groups in total. The van der Waals surface area contributed by atoms with Gasteiger partial charge < -0.3 is 10.6 Å². The summed E-state index contributed by atoms with van der Waals surface area (Å²) in [6.07, 6.45) is 0. The quantitative estimate of drug-likeness (QED) is 0.876. The van der Waals surface area contributed by atoms with Crippen molar-refractivity contribution < 1.29 is 4.79 Å². The van der Waals surface area contributed by atoms with Crippen molar-refractivity contribution in [2.24, 2.45) is 0 Å². The standard InChI is InChI=1S/C17H19ClN2O/c1-3-19-16-9-8-14(18)10-15(16)17(21)20-11-13-6-4-12(2)5-7-13/h4-10,19H,3,11H2,1-2H3,(H,20,21). The van der Waals surface area contributed by atoms with Gasteiger partial charge in [-0.15, -0.1) is 0 Å². The highest BCUT2D eigenvalue weighted by atomic mass is 35.5. The van der Waals surface area contributed by atoms with E-state index in [4.69, 9.17) is 11.6 Å². The van der Waals surface area contributed by atoms with Crippen LogP contribution in [0.15, 0.2) is 42.5 Å². The average Bonchev–Trinajstić information content (AvgIpc) is 2.48. The van der Waals surface area contributed by atoms with E-state index in [1.807, 2.05) is 44.2 Å². The molecule has 0 atom stereocenters. The summed E-state index contributed by atoms with van der Waals surface area (Å²) in [5.74, 6) is -0.131. The van der Waals surface area contributed by atoms with Gasteiger partial charge in [0, 0.05) is 23.8 Å². The van der Waals surface area contributed by atoms with Crippen LogP contribution in [0.3, 0.4) is 0 Å². The van der Waals surface area contributed by atoms with Gasteiger partial charge in [-0.25, -0.2) is 0 Å². The van der Waals surface area contributed by atoms with E-state index in [1.165, 1.54) is 5.56 Å². The summed E-state index contributed by atoms with van der Waals surface area (Å²) in [4.78, 5) is 12.3. The van der Waals surface area contributed by atoms with Gasteiger partial charge in [0.15, 0.2) is 0 Å². The monoisotopic (exact) mass is 302 g/mol. The molecule has 0 fully saturated rings. The molecule has 21 heavy (non-hydrogen) atoms. The highest BCUT2D eigenvalue weighted by molar-refractivity contribution is 6.31. The predicted molar refractivity (Wildman–Crippen MR) is 88.0 cm³/mol. The first kappa shape index (κ1) is 15.4. The summed E-state index contributed by atoms with van der Waals surface area (Å²) in [5.41, 5.74) is 3.63. The van der Waals surface area contributed by atoms with Crippen molar-refractivity contribution in [1.82, 2.24) is 5.32 Å². The van der Waals surface area contributed by atoms with Crippen molar-refractivity contribution in [3.05, 3.63) is 64.2 Å². The van der Waals surface area contributed by atoms with Gasteiger partial charge in [0.1, 0.15) is 0 Å². The van der Waals surface area contributed by atoms with E-state index >= 15 is 0 Å². The molecule has 1 amide bonds. The number of aryl methyl sites for hydroxylation is 1. The van der Waals surface area contributed by atoms with Crippen LogP contribution in [0.4, 0.5) is 5.69 Å². The van der Waals surface area contributed by atoms with Gasteiger partial charge in [0.05, 0.1) is 5.56 Å². The lowest BCUT2D eigenvalue weighted by Gasteiger charge is -2.12. The van der Waals surface area contributed by atoms with Crippen molar-refractivity contribution in [1.29, 1.82) is 0 Å². The Bertz CT molecular complexity index is 623. The lowest BCUT2D eigenvalue weighted by Crippen LogP contribution is -2.24. The van der Waals surface area contributed by atoms with Gasteiger partial charge in [-0.05, 0) is 37.6 Å². The highest BCUT2D eigenvalue weighted by Gasteiger charge is 2.11. The summed E-state index contributed by atoms with van der Waals surface area (Å²) < 4.78 is 0. The number of anilines is 1. The predicted octanol–water partition coefficient (Wildman–Crippen LogP) is 4.01. The molecule has 0 spiro atoms. The van der Waals surface area contributed by atoms with Crippen LogP contribution in [0, 0.1) is 6.92 Å². The van der Waals surface area contributed by atoms with Gasteiger partial charge >= 0.3 is 0 Å². The molecule has 2 aromatic rings. The number of halogens is 1. The third kappa shape index (κ3) is 4.23. The molecule has 0 aromatic heterocycles. The molecule has 0 radical (unpaired) electrons. The van der Waals surface area contributed by atoms with Crippen molar-refractivity contribution in [3.8, 4) is 0 Å². The molecule has 0 heterocycles. The number of nitrogens with one attached hydrogen (secondary N) is 2. The Morgan fingerprint density at radius 1 is 1.14 bits per heavy atom. The summed E-state index contributed by atoms with van der Waals surface area (Å²) in [6.45, 7) is 5.27. The van der Waals surface area contributed by atoms with Gasteiger partial charge in [0.25, 0.3) is 5.91 Å². The molecule has 0 aliphatic carbocycles. The van der Waals surface area contributed by atoms with Crippen LogP contribution >= 0.6 is 11.6 Å². The number of hydrogen-bond acceptors (Lipinski definition) is 2. The topological polar surface area (TPSA) is 41.1 Å². The van der Waals surface area contributed by atoms with Crippen molar-refractivity contribution in [2.75, 3.05) is 11.9 Å². The Kier molecular flexibility index (Phi) is 5.23. The van der Waals surface area contributed by atoms with E-state index in [9.17, 15) is 4.79 Å². The van der Waals surface area contributed by atoms with Gasteiger partial charge in [-0.2, -0.15) is 0 Å². The van der Waals surface area contributed by atoms with E-state index in [0.29, 0.717) is 17.1 Å². The van der Waals surface area contributed by atoms with E-state index in [2.05, 4.69) is 10.6 Å². The van der Waals surface area contributed by atoms with Crippen LogP contribution < -0.4 is 10.6 Å². The fourth-order valence-corrected chi connectivity index (χ4v) is 2.20. The molecule has 4 heteroatoms. The number of carbonyl (C=O) groups excluding carboxylic acids is 1. The Balaban J connectivity index is 2.09. The first-order chi connectivity index (χ1) is 10.1. The molecule has 110 valence electrons. The fourth-order valence-electron chi connectivity index (χ4n) is 2.03. The maximum Gasteiger partial charge on any atom is 0.253 e. The van der Waals surface area contributed by atoms with E-state index in [1.54, 1.807) is 12.1 Å². The smallest absolute Gasteiger partial charge is 0.253 e. The van der Waals surface area contributed by atoms with Crippen molar-refractivity contribution in [3.63, 3.8) is 0 Å². The second kappa shape index (κ2) is 7.14. The molecule has 0 saturated carbocycles. The zero-order chi connectivity index (χ0) is 15.2. The molecule has 0 aliphatic heterocycles. The van der Waals surface area contributed by atoms with Crippen molar-refractivity contribution >= 4 is 23.2 Å². The minimum atomic E-state index is -0.131. The number of benzene rings is 2. The average molecular weight is 303 g/mol. The fraction of sp³-hybridized carbons (Fsp3) is 0.235. The third-order valence-corrected chi connectivity index (χ3v) is 3.40. The Labute approximate surface area is 130 Å². The summed E-state index contributed by atoms with van der Waals surface area (Å²) in [5, 5.41) is 6.65. The molecule has 0 saturated heterocycles. The SMILES string of the molecule is CCNc1ccc(Cl)cc1C(=O)NCc1ccc(C)cc1. The summed E-state index contributed by atoms with van der Waals surface area (Å²) >= 11 is 5.99. The van der Waals surface area contributed by atoms with Crippen LogP contribution in [0.25, 0.3) is 0 Å². The molecular weight excluding hydrogens is 284 g/mol. The first-order valence-corrected chi connectivity index (χ1v) is 7.35. The summed E-state index contributed by atoms with van der Waals surface area (Å²) in [6, 6.07) is 13.4. The molecule has 0 unspecified atom stereocenters. The number of carbonyl (C=O) groups is 1. The molecular formula is C17H19ClN2O. The highest BCUT2D eigenvalue weighted by Crippen LogP contribution is 2.20. The van der Waals surface area contributed by atoms with Crippen molar-refractivity contribution in [2.45, 2.75) is 20.4 Å². The molecule has 0 bridgehead atoms. The third-order valence-electron chi connectivity index (χ3n) is 3.17. The lowest BCUT2D eigenvalue weighted by molar-refractivity contribution is 0.0951. The second-order valence-corrected chi connectivity index (χ2v) is 5.32. The Hall–Kier alpha value is -2.00. The lowest BCUT2D eigenvalue weighted by atomic mass is 10.1. The largest absolute Gasteiger partial charge is 0.385 e. The van der Waals surface area contributed by atoms with E-state index in [0.717, 1.165) is 17.8 Å². The minimum Gasteiger partial charge on any atom is -0.385 e. The minimum absolute atomic E-state index is 0.131. The summed E-state index contributed by atoms with van der Waals surface area (Å²) in [7, 11) is 0. The molecule has 2 aromatic carbocycles. The molecule has 0 aliphatic rings. The van der Waals surface area contributed by atoms with Crippen LogP contribution in [0.5, 0.6) is 0 Å². The first-order valence-electron chi connectivity index (χ1n) is 6.97. The number of amides is 1. The van der Waals surface area contributed by atoms with Crippen LogP contribution in [0.1, 0.15) is 28.4 Å². The zero-order valence-corrected chi connectivity index (χ0v) is 13.0. The Morgan fingerprint density at radius 3 is 2.52 bits per heavy atom. The maximum absolute atomic E-state index is 12.3. The van der Waals surface area contributed by atoms with Crippen LogP contribution in [0.2, 0.25) is 5.02 Å². The Morgan fingerprint density at radius 2 is 1.86 bits per heavy atom. The molecule has 3 nitrogen and oxygen atoms in total. The number of rotatable bonds is 5. The number of hydrogen-bond donors (Lipinski definition) is 2. The van der Waals surface area contributed by atoms with Crippen LogP contribution in [-0.2, 0) is 6.54 Å². The molecule has 2 rings (SSSR count).